The van der Waals surface area contributed by atoms with Crippen LogP contribution in [0.2, 0.25) is 0 Å². The summed E-state index contributed by atoms with van der Waals surface area (Å²) in [6, 6.07) is 9.49. The molecule has 4 aromatic rings. The lowest BCUT2D eigenvalue weighted by molar-refractivity contribution is -0.141. The molecule has 0 radical (unpaired) electrons. The number of halogens is 6. The van der Waals surface area contributed by atoms with E-state index in [0.29, 0.717) is 35.3 Å². The van der Waals surface area contributed by atoms with Crippen LogP contribution in [0.4, 0.5) is 26.3 Å². The van der Waals surface area contributed by atoms with Gasteiger partial charge in [0.25, 0.3) is 5.91 Å². The highest BCUT2D eigenvalue weighted by molar-refractivity contribution is 5.95. The van der Waals surface area contributed by atoms with Crippen molar-refractivity contribution in [2.45, 2.75) is 39.0 Å². The lowest BCUT2D eigenvalue weighted by Gasteiger charge is -2.19. The third-order valence-corrected chi connectivity index (χ3v) is 6.08. The predicted octanol–water partition coefficient (Wildman–Crippen LogP) is 5.42. The average Bonchev–Trinajstić information content (AvgIpc) is 3.39. The van der Waals surface area contributed by atoms with Gasteiger partial charge in [-0.2, -0.15) is 18.3 Å². The number of amides is 2. The lowest BCUT2D eigenvalue weighted by atomic mass is 9.94. The minimum absolute atomic E-state index is 0.0568. The van der Waals surface area contributed by atoms with Gasteiger partial charge in [-0.1, -0.05) is 12.1 Å². The Morgan fingerprint density at radius 3 is 2.26 bits per heavy atom. The van der Waals surface area contributed by atoms with Crippen LogP contribution in [0.5, 0.6) is 0 Å². The van der Waals surface area contributed by atoms with Crippen molar-refractivity contribution in [1.82, 2.24) is 20.1 Å². The first kappa shape index (κ1) is 32.5. The molecule has 0 saturated carbocycles. The number of alkyl halides is 3. The van der Waals surface area contributed by atoms with Crippen molar-refractivity contribution in [2.24, 2.45) is 5.73 Å². The first-order valence-corrected chi connectivity index (χ1v) is 12.6. The Bertz CT molecular complexity index is 1620. The average molecular weight is 606 g/mol. The number of nitrogens with zero attached hydrogens (tertiary/aromatic N) is 3. The third kappa shape index (κ3) is 8.27. The van der Waals surface area contributed by atoms with Crippen molar-refractivity contribution in [3.8, 4) is 11.1 Å². The van der Waals surface area contributed by atoms with Crippen LogP contribution in [0.3, 0.4) is 0 Å². The summed E-state index contributed by atoms with van der Waals surface area (Å²) >= 11 is 0. The molecule has 2 aromatic heterocycles. The molecule has 1 atom stereocenters. The molecule has 3 N–H and O–H groups in total. The Morgan fingerprint density at radius 1 is 1.05 bits per heavy atom. The van der Waals surface area contributed by atoms with Gasteiger partial charge in [-0.15, -0.1) is 0 Å². The van der Waals surface area contributed by atoms with E-state index in [9.17, 15) is 40.7 Å². The van der Waals surface area contributed by atoms with Crippen molar-refractivity contribution in [1.29, 1.82) is 0 Å². The molecule has 0 fully saturated rings. The van der Waals surface area contributed by atoms with Gasteiger partial charge >= 0.3 is 6.18 Å². The minimum Gasteiger partial charge on any atom is -0.366 e. The Balaban J connectivity index is 0.000000303. The van der Waals surface area contributed by atoms with Gasteiger partial charge in [0.2, 0.25) is 6.41 Å². The van der Waals surface area contributed by atoms with Crippen molar-refractivity contribution in [2.75, 3.05) is 0 Å². The summed E-state index contributed by atoms with van der Waals surface area (Å²) in [6.45, 7) is 3.04. The molecule has 4 rings (SSSR count). The Hall–Kier alpha value is -5.01. The summed E-state index contributed by atoms with van der Waals surface area (Å²) in [5, 5.41) is 5.88. The van der Waals surface area contributed by atoms with Gasteiger partial charge in [0.1, 0.15) is 17.5 Å². The first-order valence-electron chi connectivity index (χ1n) is 12.6. The number of nitrogens with two attached hydrogens (primary N) is 1. The molecule has 0 aliphatic rings. The summed E-state index contributed by atoms with van der Waals surface area (Å²) in [5.41, 5.74) is 5.10. The topological polar surface area (TPSA) is 120 Å². The smallest absolute Gasteiger partial charge is 0.366 e. The van der Waals surface area contributed by atoms with Gasteiger partial charge in [-0.25, -0.2) is 13.2 Å². The van der Waals surface area contributed by atoms with E-state index in [0.717, 1.165) is 42.1 Å². The number of Topliss-reactive ketones (excluding diaryl/α,β-unsaturated/α-hetero) is 1. The molecule has 0 aliphatic heterocycles. The van der Waals surface area contributed by atoms with Gasteiger partial charge in [0, 0.05) is 30.6 Å². The van der Waals surface area contributed by atoms with Gasteiger partial charge in [-0.3, -0.25) is 24.0 Å². The maximum Gasteiger partial charge on any atom is 0.435 e. The molecule has 0 saturated heterocycles. The fourth-order valence-electron chi connectivity index (χ4n) is 4.15. The van der Waals surface area contributed by atoms with Crippen LogP contribution >= 0.6 is 0 Å². The van der Waals surface area contributed by atoms with Crippen LogP contribution < -0.4 is 11.1 Å². The fraction of sp³-hybridized carbons (Fsp3) is 0.207. The molecular formula is C29H25F6N5O3. The molecule has 226 valence electrons. The van der Waals surface area contributed by atoms with Gasteiger partial charge in [-0.05, 0) is 61.7 Å². The van der Waals surface area contributed by atoms with Crippen molar-refractivity contribution in [3.05, 3.63) is 106 Å². The summed E-state index contributed by atoms with van der Waals surface area (Å²) in [5.74, 6) is -3.79. The quantitative estimate of drug-likeness (QED) is 0.150. The second-order valence-corrected chi connectivity index (χ2v) is 9.12. The highest BCUT2D eigenvalue weighted by Crippen LogP contribution is 2.31. The Kier molecular flexibility index (Phi) is 10.4. The number of hydrogen-bond acceptors (Lipinski definition) is 5. The summed E-state index contributed by atoms with van der Waals surface area (Å²) in [4.78, 5) is 37.8. The number of carbonyl (C=O) groups is 3. The molecule has 2 heterocycles. The maximum absolute atomic E-state index is 13.8. The van der Waals surface area contributed by atoms with Gasteiger partial charge < -0.3 is 11.1 Å². The minimum atomic E-state index is -4.57. The molecule has 1 unspecified atom stereocenters. The van der Waals surface area contributed by atoms with Crippen molar-refractivity contribution >= 4 is 18.1 Å². The van der Waals surface area contributed by atoms with E-state index in [2.05, 4.69) is 15.4 Å². The molecule has 2 aromatic carbocycles. The van der Waals surface area contributed by atoms with Crippen LogP contribution in [0.25, 0.3) is 11.1 Å². The molecule has 0 bridgehead atoms. The van der Waals surface area contributed by atoms with Crippen LogP contribution in [0.1, 0.15) is 57.6 Å². The Labute approximate surface area is 241 Å². The van der Waals surface area contributed by atoms with Crippen molar-refractivity contribution < 1.29 is 40.7 Å². The number of hydrogen-bond donors (Lipinski definition) is 2. The number of aromatic nitrogens is 3. The second-order valence-electron chi connectivity index (χ2n) is 9.12. The number of ketones is 1. The zero-order valence-corrected chi connectivity index (χ0v) is 22.8. The van der Waals surface area contributed by atoms with E-state index in [1.54, 1.807) is 19.1 Å². The largest absolute Gasteiger partial charge is 0.435 e. The predicted molar refractivity (Wildman–Crippen MR) is 143 cm³/mol. The highest BCUT2D eigenvalue weighted by atomic mass is 19.4. The zero-order valence-electron chi connectivity index (χ0n) is 22.8. The standard InChI is InChI=1S/C21H16F3N3O2.C8H9F3N2O/c22-14-6-12(7-15(23)10-14)8-19(27-11-28)20-16(2-1-5-26-20)13-3-4-18(24)17(9-13)21(25)29;1-3-13-4-6(5(2)14)7(12-13)8(9,10)11/h1-7,9-11,19H,8H2,(H2,25,29)(H,27,28);4H,3H2,1-2H3. The molecule has 8 nitrogen and oxygen atoms in total. The van der Waals surface area contributed by atoms with Crippen LogP contribution in [-0.2, 0) is 23.9 Å². The molecule has 14 heteroatoms. The first-order chi connectivity index (χ1) is 20.2. The highest BCUT2D eigenvalue weighted by Gasteiger charge is 2.38. The van der Waals surface area contributed by atoms with E-state index in [4.69, 9.17) is 5.73 Å². The van der Waals surface area contributed by atoms with E-state index in [-0.39, 0.29) is 17.5 Å². The molecule has 0 aliphatic carbocycles. The molecule has 0 spiro atoms. The third-order valence-electron chi connectivity index (χ3n) is 6.08. The number of pyridine rings is 1. The van der Waals surface area contributed by atoms with E-state index >= 15 is 0 Å². The SMILES string of the molecule is CCn1cc(C(C)=O)c(C(F)(F)F)n1.NC(=O)c1cc(-c2cccnc2C(Cc2cc(F)cc(F)c2)NC=O)ccc1F. The number of primary amides is 1. The van der Waals surface area contributed by atoms with E-state index in [1.807, 2.05) is 0 Å². The molecule has 43 heavy (non-hydrogen) atoms. The van der Waals surface area contributed by atoms with E-state index < -0.39 is 47.1 Å². The molecular weight excluding hydrogens is 580 g/mol. The monoisotopic (exact) mass is 605 g/mol. The van der Waals surface area contributed by atoms with Crippen LogP contribution in [0, 0.1) is 17.5 Å². The number of aryl methyl sites for hydroxylation is 1. The molecule has 2 amide bonds. The second kappa shape index (κ2) is 13.8. The van der Waals surface area contributed by atoms with Crippen molar-refractivity contribution in [3.63, 3.8) is 0 Å². The summed E-state index contributed by atoms with van der Waals surface area (Å²) in [6.07, 6.45) is -1.45. The zero-order chi connectivity index (χ0) is 31.9. The summed E-state index contributed by atoms with van der Waals surface area (Å²) in [7, 11) is 0. The lowest BCUT2D eigenvalue weighted by Crippen LogP contribution is -2.23. The number of benzene rings is 2. The van der Waals surface area contributed by atoms with Crippen LogP contribution in [-0.4, -0.2) is 32.9 Å². The van der Waals surface area contributed by atoms with Gasteiger partial charge in [0.15, 0.2) is 11.5 Å². The summed E-state index contributed by atoms with van der Waals surface area (Å²) < 4.78 is 79.0. The van der Waals surface area contributed by atoms with E-state index in [1.165, 1.54) is 18.3 Å². The maximum atomic E-state index is 13.8. The number of rotatable bonds is 9. The fourth-order valence-corrected chi connectivity index (χ4v) is 4.15. The number of nitrogens with one attached hydrogen (secondary N) is 1. The Morgan fingerprint density at radius 2 is 1.72 bits per heavy atom. The number of carbonyl (C=O) groups excluding carboxylic acids is 3. The normalized spacial score (nSPS) is 11.7. The van der Waals surface area contributed by atoms with Crippen LogP contribution in [0.15, 0.2) is 60.9 Å². The van der Waals surface area contributed by atoms with Gasteiger partial charge in [0.05, 0.1) is 22.9 Å².